The van der Waals surface area contributed by atoms with Gasteiger partial charge in [0.1, 0.15) is 17.2 Å². The zero-order valence-corrected chi connectivity index (χ0v) is 11.4. The van der Waals surface area contributed by atoms with Crippen molar-refractivity contribution >= 4 is 29.9 Å². The molecule has 0 aromatic carbocycles. The highest BCUT2D eigenvalue weighted by Gasteiger charge is 2.17. The van der Waals surface area contributed by atoms with E-state index in [9.17, 15) is 4.79 Å². The van der Waals surface area contributed by atoms with Crippen molar-refractivity contribution in [2.75, 3.05) is 6.61 Å². The van der Waals surface area contributed by atoms with E-state index in [1.807, 2.05) is 0 Å². The molecule has 5 nitrogen and oxygen atoms in total. The van der Waals surface area contributed by atoms with Gasteiger partial charge in [-0.1, -0.05) is 25.0 Å². The third-order valence-corrected chi connectivity index (χ3v) is 3.38. The second kappa shape index (κ2) is 6.10. The molecule has 2 heterocycles. The van der Waals surface area contributed by atoms with Crippen LogP contribution in [0.5, 0.6) is 0 Å². The van der Waals surface area contributed by atoms with Crippen molar-refractivity contribution in [3.8, 4) is 23.1 Å². The molecular formula is C14H11N3O2S. The van der Waals surface area contributed by atoms with Crippen LogP contribution in [-0.4, -0.2) is 32.8 Å². The van der Waals surface area contributed by atoms with E-state index in [1.54, 1.807) is 23.2 Å². The van der Waals surface area contributed by atoms with Crippen LogP contribution in [0.4, 0.5) is 0 Å². The molecule has 2 aromatic rings. The van der Waals surface area contributed by atoms with Gasteiger partial charge in [-0.3, -0.25) is 4.79 Å². The minimum absolute atomic E-state index is 0.256. The van der Waals surface area contributed by atoms with Gasteiger partial charge in [0.15, 0.2) is 11.3 Å². The Morgan fingerprint density at radius 1 is 1.50 bits per heavy atom. The number of thiazole rings is 1. The van der Waals surface area contributed by atoms with Crippen molar-refractivity contribution < 1.29 is 9.90 Å². The normalized spacial score (nSPS) is 9.65. The molecule has 0 bridgehead atoms. The average molecular weight is 285 g/mol. The standard InChI is InChI=1S/C14H11N3O2S/c1-3-11-10(8-15-17(11)4-2)14-12(6-5-7-18)20-13(9-19)16-14/h3-4,8-9,18H,1-2,7H2. The first-order chi connectivity index (χ1) is 9.74. The highest BCUT2D eigenvalue weighted by atomic mass is 32.1. The molecule has 0 fully saturated rings. The fourth-order valence-corrected chi connectivity index (χ4v) is 2.45. The zero-order valence-electron chi connectivity index (χ0n) is 10.5. The summed E-state index contributed by atoms with van der Waals surface area (Å²) in [5.41, 5.74) is 1.99. The Labute approximate surface area is 119 Å². The Hall–Kier alpha value is -2.49. The number of aromatic nitrogens is 3. The van der Waals surface area contributed by atoms with Crippen LogP contribution >= 0.6 is 11.3 Å². The van der Waals surface area contributed by atoms with Crippen molar-refractivity contribution in [1.82, 2.24) is 14.8 Å². The first kappa shape index (κ1) is 13.9. The van der Waals surface area contributed by atoms with Crippen LogP contribution in [0, 0.1) is 11.8 Å². The molecule has 100 valence electrons. The molecule has 0 saturated heterocycles. The van der Waals surface area contributed by atoms with Crippen LogP contribution in [0.15, 0.2) is 19.4 Å². The molecular weight excluding hydrogens is 274 g/mol. The summed E-state index contributed by atoms with van der Waals surface area (Å²) in [4.78, 5) is 15.7. The Morgan fingerprint density at radius 3 is 2.90 bits per heavy atom. The van der Waals surface area contributed by atoms with Gasteiger partial charge < -0.3 is 5.11 Å². The number of rotatable bonds is 4. The van der Waals surface area contributed by atoms with E-state index >= 15 is 0 Å². The van der Waals surface area contributed by atoms with Gasteiger partial charge in [-0.25, -0.2) is 9.67 Å². The average Bonchev–Trinajstić information content (AvgIpc) is 3.07. The first-order valence-corrected chi connectivity index (χ1v) is 6.45. The maximum atomic E-state index is 10.9. The molecule has 0 spiro atoms. The van der Waals surface area contributed by atoms with Crippen LogP contribution in [0.3, 0.4) is 0 Å². The number of aliphatic hydroxyl groups excluding tert-OH is 1. The number of aliphatic hydroxyl groups is 1. The highest BCUT2D eigenvalue weighted by Crippen LogP contribution is 2.30. The molecule has 0 aliphatic carbocycles. The summed E-state index contributed by atoms with van der Waals surface area (Å²) in [6.45, 7) is 7.14. The summed E-state index contributed by atoms with van der Waals surface area (Å²) in [6.07, 6.45) is 5.47. The van der Waals surface area contributed by atoms with Gasteiger partial charge >= 0.3 is 0 Å². The monoisotopic (exact) mass is 285 g/mol. The zero-order chi connectivity index (χ0) is 14.5. The number of nitrogens with zero attached hydrogens (tertiary/aromatic N) is 3. The largest absolute Gasteiger partial charge is 0.384 e. The minimum atomic E-state index is -0.256. The van der Waals surface area contributed by atoms with E-state index in [0.717, 1.165) is 5.69 Å². The lowest BCUT2D eigenvalue weighted by molar-refractivity contribution is 0.112. The SMILES string of the molecule is C=Cc1c(-c2nc(C=O)sc2C#CCO)cnn1C=C. The Balaban J connectivity index is 2.65. The maximum absolute atomic E-state index is 10.9. The van der Waals surface area contributed by atoms with Crippen molar-refractivity contribution in [1.29, 1.82) is 0 Å². The van der Waals surface area contributed by atoms with Crippen LogP contribution in [0.2, 0.25) is 0 Å². The lowest BCUT2D eigenvalue weighted by Gasteiger charge is -1.99. The number of carbonyl (C=O) groups is 1. The van der Waals surface area contributed by atoms with Gasteiger partial charge in [0.2, 0.25) is 0 Å². The van der Waals surface area contributed by atoms with E-state index in [2.05, 4.69) is 35.1 Å². The lowest BCUT2D eigenvalue weighted by Crippen LogP contribution is -1.91. The topological polar surface area (TPSA) is 68.0 Å². The van der Waals surface area contributed by atoms with Gasteiger partial charge in [-0.15, -0.1) is 11.3 Å². The van der Waals surface area contributed by atoms with Crippen LogP contribution in [0.1, 0.15) is 20.4 Å². The fourth-order valence-electron chi connectivity index (χ4n) is 1.68. The maximum Gasteiger partial charge on any atom is 0.178 e. The van der Waals surface area contributed by atoms with Gasteiger partial charge in [-0.05, 0) is 6.08 Å². The van der Waals surface area contributed by atoms with Gasteiger partial charge in [0.25, 0.3) is 0 Å². The first-order valence-electron chi connectivity index (χ1n) is 5.63. The number of carbonyl (C=O) groups excluding carboxylic acids is 1. The predicted octanol–water partition coefficient (Wildman–Crippen LogP) is 1.91. The van der Waals surface area contributed by atoms with Crippen molar-refractivity contribution in [3.05, 3.63) is 34.9 Å². The second-order valence-corrected chi connectivity index (χ2v) is 4.61. The Morgan fingerprint density at radius 2 is 2.30 bits per heavy atom. The van der Waals surface area contributed by atoms with Gasteiger partial charge in [0.05, 0.1) is 11.9 Å². The quantitative estimate of drug-likeness (QED) is 0.688. The number of hydrogen-bond acceptors (Lipinski definition) is 5. The number of aldehydes is 1. The third kappa shape index (κ3) is 2.45. The minimum Gasteiger partial charge on any atom is -0.384 e. The highest BCUT2D eigenvalue weighted by molar-refractivity contribution is 7.14. The van der Waals surface area contributed by atoms with Crippen LogP contribution in [0.25, 0.3) is 23.5 Å². The molecule has 0 unspecified atom stereocenters. The molecule has 0 saturated carbocycles. The molecule has 0 aliphatic heterocycles. The van der Waals surface area contributed by atoms with Crippen molar-refractivity contribution in [2.24, 2.45) is 0 Å². The van der Waals surface area contributed by atoms with Gasteiger partial charge in [0, 0.05) is 11.8 Å². The fraction of sp³-hybridized carbons (Fsp3) is 0.0714. The molecule has 0 aliphatic rings. The number of hydrogen-bond donors (Lipinski definition) is 1. The molecule has 20 heavy (non-hydrogen) atoms. The Kier molecular flexibility index (Phi) is 4.25. The molecule has 1 N–H and O–H groups in total. The van der Waals surface area contributed by atoms with Crippen LogP contribution in [-0.2, 0) is 0 Å². The van der Waals surface area contributed by atoms with E-state index in [0.29, 0.717) is 27.4 Å². The van der Waals surface area contributed by atoms with E-state index in [1.165, 1.54) is 11.3 Å². The Bertz CT molecular complexity index is 731. The van der Waals surface area contributed by atoms with E-state index < -0.39 is 0 Å². The summed E-state index contributed by atoms with van der Waals surface area (Å²) in [6, 6.07) is 0. The summed E-state index contributed by atoms with van der Waals surface area (Å²) in [5.74, 6) is 5.35. The summed E-state index contributed by atoms with van der Waals surface area (Å²) >= 11 is 1.17. The molecule has 2 rings (SSSR count). The van der Waals surface area contributed by atoms with Gasteiger partial charge in [-0.2, -0.15) is 5.10 Å². The molecule has 6 heteroatoms. The third-order valence-electron chi connectivity index (χ3n) is 2.48. The predicted molar refractivity (Wildman–Crippen MR) is 79.2 cm³/mol. The van der Waals surface area contributed by atoms with E-state index in [4.69, 9.17) is 5.11 Å². The van der Waals surface area contributed by atoms with Crippen molar-refractivity contribution in [3.63, 3.8) is 0 Å². The molecule has 0 radical (unpaired) electrons. The molecule has 0 atom stereocenters. The summed E-state index contributed by atoms with van der Waals surface area (Å²) < 4.78 is 1.56. The molecule has 2 aromatic heterocycles. The molecule has 0 amide bonds. The van der Waals surface area contributed by atoms with Crippen molar-refractivity contribution in [2.45, 2.75) is 0 Å². The van der Waals surface area contributed by atoms with E-state index in [-0.39, 0.29) is 6.61 Å². The smallest absolute Gasteiger partial charge is 0.178 e. The summed E-state index contributed by atoms with van der Waals surface area (Å²) in [5, 5.41) is 13.3. The van der Waals surface area contributed by atoms with Crippen LogP contribution < -0.4 is 0 Å². The summed E-state index contributed by atoms with van der Waals surface area (Å²) in [7, 11) is 0. The lowest BCUT2D eigenvalue weighted by atomic mass is 10.1. The second-order valence-electron chi connectivity index (χ2n) is 3.58.